The van der Waals surface area contributed by atoms with Crippen molar-refractivity contribution in [1.82, 2.24) is 4.72 Å². The summed E-state index contributed by atoms with van der Waals surface area (Å²) in [5, 5.41) is 20.1. The van der Waals surface area contributed by atoms with Crippen LogP contribution in [0.25, 0.3) is 10.8 Å². The summed E-state index contributed by atoms with van der Waals surface area (Å²) in [6.07, 6.45) is -1.74. The third-order valence-electron chi connectivity index (χ3n) is 6.52. The van der Waals surface area contributed by atoms with Crippen molar-refractivity contribution in [1.29, 1.82) is 0 Å². The van der Waals surface area contributed by atoms with E-state index in [1.807, 2.05) is 0 Å². The zero-order valence-corrected chi connectivity index (χ0v) is 23.4. The van der Waals surface area contributed by atoms with Crippen molar-refractivity contribution in [2.24, 2.45) is 33.8 Å². The maximum absolute atomic E-state index is 13.8. The number of carbonyl (C=O) groups excluding carboxylic acids is 2. The first-order valence-electron chi connectivity index (χ1n) is 12.4. The molecule has 0 saturated carbocycles. The van der Waals surface area contributed by atoms with Crippen LogP contribution in [-0.4, -0.2) is 86.9 Å². The number of fused-ring (bicyclic) bond motifs is 1. The lowest BCUT2D eigenvalue weighted by molar-refractivity contribution is -0.154. The average molecular weight is 594 g/mol. The number of nitrogens with two attached hydrogens (primary N) is 4. The molecule has 15 nitrogen and oxygen atoms in total. The van der Waals surface area contributed by atoms with Crippen LogP contribution in [0.3, 0.4) is 0 Å². The SMILES string of the molecule is CN(C)c1cccc2c(S(=O)(=O)NC(CCC(=O)O)C(=O)C(CCN=C(N)N)C(N)(C(=O)O)C(=O)CN)cccc12. The molecule has 0 radical (unpaired) electrons. The number of nitrogens with one attached hydrogen (secondary N) is 1. The minimum absolute atomic E-state index is 0.209. The van der Waals surface area contributed by atoms with Crippen molar-refractivity contribution in [2.75, 3.05) is 32.1 Å². The maximum Gasteiger partial charge on any atom is 0.332 e. The minimum atomic E-state index is -4.53. The Balaban J connectivity index is 2.66. The van der Waals surface area contributed by atoms with Crippen molar-refractivity contribution in [3.63, 3.8) is 0 Å². The summed E-state index contributed by atoms with van der Waals surface area (Å²) in [7, 11) is -0.970. The lowest BCUT2D eigenvalue weighted by Gasteiger charge is -2.33. The Morgan fingerprint density at radius 2 is 1.63 bits per heavy atom. The molecule has 0 aliphatic heterocycles. The molecule has 2 rings (SSSR count). The normalized spacial score (nSPS) is 14.4. The van der Waals surface area contributed by atoms with Crippen molar-refractivity contribution < 1.29 is 37.8 Å². The number of sulfonamides is 1. The standard InChI is InChI=1S/C25H35N7O8S/c1-32(2)18-7-3-6-15-14(18)5-4-8-19(15)41(39,40)31-17(9-10-21(34)35)22(36)16(11-12-30-24(27)28)25(29,23(37)38)20(33)13-26/h3-8,16-17,31H,9-13,26,29H2,1-2H3,(H,34,35)(H,37,38)(H4,27,28,30). The number of aliphatic carboxylic acids is 2. The summed E-state index contributed by atoms with van der Waals surface area (Å²) in [6.45, 7) is -1.19. The Labute approximate surface area is 236 Å². The summed E-state index contributed by atoms with van der Waals surface area (Å²) >= 11 is 0. The number of nitrogens with zero attached hydrogens (tertiary/aromatic N) is 2. The number of carboxylic acids is 2. The van der Waals surface area contributed by atoms with Gasteiger partial charge >= 0.3 is 11.9 Å². The Kier molecular flexibility index (Phi) is 10.9. The second kappa shape index (κ2) is 13.5. The van der Waals surface area contributed by atoms with E-state index in [0.29, 0.717) is 16.5 Å². The number of aliphatic imine (C=N–C) groups is 1. The fourth-order valence-electron chi connectivity index (χ4n) is 4.46. The first-order valence-corrected chi connectivity index (χ1v) is 13.8. The minimum Gasteiger partial charge on any atom is -0.481 e. The van der Waals surface area contributed by atoms with Crippen LogP contribution >= 0.6 is 0 Å². The third kappa shape index (κ3) is 7.55. The van der Waals surface area contributed by atoms with Crippen LogP contribution in [-0.2, 0) is 29.2 Å². The van der Waals surface area contributed by atoms with E-state index in [1.165, 1.54) is 12.1 Å². The van der Waals surface area contributed by atoms with E-state index in [-0.39, 0.29) is 11.4 Å². The molecular formula is C25H35N7O8S. The van der Waals surface area contributed by atoms with Gasteiger partial charge in [0.2, 0.25) is 10.0 Å². The molecule has 2 aromatic carbocycles. The Bertz CT molecular complexity index is 1460. The topological polar surface area (TPSA) is 275 Å². The maximum atomic E-state index is 13.8. The first-order chi connectivity index (χ1) is 19.1. The van der Waals surface area contributed by atoms with E-state index < -0.39 is 82.8 Å². The average Bonchev–Trinajstić information content (AvgIpc) is 2.90. The number of hydrogen-bond donors (Lipinski definition) is 7. The highest BCUT2D eigenvalue weighted by atomic mass is 32.2. The molecule has 0 saturated heterocycles. The fraction of sp³-hybridized carbons (Fsp3) is 0.400. The van der Waals surface area contributed by atoms with E-state index in [2.05, 4.69) is 9.71 Å². The number of hydrogen-bond acceptors (Lipinski definition) is 10. The lowest BCUT2D eigenvalue weighted by Crippen LogP contribution is -2.66. The second-order valence-electron chi connectivity index (χ2n) is 9.48. The highest BCUT2D eigenvalue weighted by Crippen LogP contribution is 2.31. The summed E-state index contributed by atoms with van der Waals surface area (Å²) in [5.41, 5.74) is 19.9. The smallest absolute Gasteiger partial charge is 0.332 e. The molecule has 0 aliphatic carbocycles. The Morgan fingerprint density at radius 1 is 1.02 bits per heavy atom. The van der Waals surface area contributed by atoms with E-state index in [1.54, 1.807) is 43.3 Å². The Morgan fingerprint density at radius 3 is 2.17 bits per heavy atom. The number of ketones is 2. The molecule has 0 spiro atoms. The van der Waals surface area contributed by atoms with Crippen LogP contribution in [0.15, 0.2) is 46.3 Å². The van der Waals surface area contributed by atoms with Gasteiger partial charge in [-0.3, -0.25) is 19.4 Å². The van der Waals surface area contributed by atoms with Crippen LogP contribution in [0.2, 0.25) is 0 Å². The predicted octanol–water partition coefficient (Wildman–Crippen LogP) is -1.42. The van der Waals surface area contributed by atoms with Gasteiger partial charge in [-0.05, 0) is 25.0 Å². The van der Waals surface area contributed by atoms with Gasteiger partial charge in [-0.15, -0.1) is 0 Å². The van der Waals surface area contributed by atoms with Gasteiger partial charge in [-0.25, -0.2) is 17.9 Å². The molecule has 0 heterocycles. The highest BCUT2D eigenvalue weighted by Gasteiger charge is 2.52. The third-order valence-corrected chi connectivity index (χ3v) is 8.05. The molecular weight excluding hydrogens is 558 g/mol. The van der Waals surface area contributed by atoms with Crippen molar-refractivity contribution in [3.05, 3.63) is 36.4 Å². The highest BCUT2D eigenvalue weighted by molar-refractivity contribution is 7.89. The van der Waals surface area contributed by atoms with Gasteiger partial charge in [0.25, 0.3) is 0 Å². The first kappa shape index (κ1) is 33.1. The van der Waals surface area contributed by atoms with E-state index in [4.69, 9.17) is 22.9 Å². The van der Waals surface area contributed by atoms with Crippen LogP contribution in [0.4, 0.5) is 5.69 Å². The molecule has 0 amide bonds. The quantitative estimate of drug-likeness (QED) is 0.0669. The van der Waals surface area contributed by atoms with E-state index in [9.17, 15) is 37.8 Å². The molecule has 3 atom stereocenters. The fourth-order valence-corrected chi connectivity index (χ4v) is 5.92. The zero-order chi connectivity index (χ0) is 31.1. The van der Waals surface area contributed by atoms with Crippen LogP contribution in [0.5, 0.6) is 0 Å². The number of Topliss-reactive ketones (excluding diaryl/α,β-unsaturated/α-hetero) is 2. The molecule has 0 fully saturated rings. The van der Waals surface area contributed by atoms with Crippen LogP contribution < -0.4 is 32.6 Å². The summed E-state index contributed by atoms with van der Waals surface area (Å²) in [5.74, 6) is -7.86. The summed E-state index contributed by atoms with van der Waals surface area (Å²) < 4.78 is 29.6. The van der Waals surface area contributed by atoms with Gasteiger partial charge in [0.1, 0.15) is 0 Å². The number of carbonyl (C=O) groups is 4. The number of benzene rings is 2. The van der Waals surface area contributed by atoms with Gasteiger partial charge in [0.05, 0.1) is 23.4 Å². The summed E-state index contributed by atoms with van der Waals surface area (Å²) in [4.78, 5) is 55.4. The van der Waals surface area contributed by atoms with Crippen molar-refractivity contribution >= 4 is 55.9 Å². The van der Waals surface area contributed by atoms with Gasteiger partial charge in [0.15, 0.2) is 23.1 Å². The lowest BCUT2D eigenvalue weighted by atomic mass is 9.74. The largest absolute Gasteiger partial charge is 0.481 e. The molecule has 0 aromatic heterocycles. The van der Waals surface area contributed by atoms with Gasteiger partial charge < -0.3 is 38.0 Å². The number of guanidine groups is 1. The number of carboxylic acid groups (broad SMARTS) is 2. The van der Waals surface area contributed by atoms with E-state index in [0.717, 1.165) is 0 Å². The molecule has 0 bridgehead atoms. The molecule has 224 valence electrons. The van der Waals surface area contributed by atoms with E-state index >= 15 is 0 Å². The van der Waals surface area contributed by atoms with Gasteiger partial charge in [-0.1, -0.05) is 24.3 Å². The molecule has 3 unspecified atom stereocenters. The molecule has 2 aromatic rings. The van der Waals surface area contributed by atoms with Crippen molar-refractivity contribution in [2.45, 2.75) is 35.7 Å². The van der Waals surface area contributed by atoms with Crippen molar-refractivity contribution in [3.8, 4) is 0 Å². The van der Waals surface area contributed by atoms with Crippen LogP contribution in [0, 0.1) is 5.92 Å². The van der Waals surface area contributed by atoms with Crippen LogP contribution in [0.1, 0.15) is 19.3 Å². The monoisotopic (exact) mass is 593 g/mol. The predicted molar refractivity (Wildman–Crippen MR) is 152 cm³/mol. The molecule has 41 heavy (non-hydrogen) atoms. The van der Waals surface area contributed by atoms with Gasteiger partial charge in [0, 0.05) is 43.5 Å². The Hall–Kier alpha value is -4.12. The molecule has 0 aliphatic rings. The summed E-state index contributed by atoms with van der Waals surface area (Å²) in [6, 6.07) is 7.74. The zero-order valence-electron chi connectivity index (χ0n) is 22.6. The second-order valence-corrected chi connectivity index (χ2v) is 11.2. The number of rotatable bonds is 16. The van der Waals surface area contributed by atoms with Gasteiger partial charge in [-0.2, -0.15) is 0 Å². The molecule has 11 N–H and O–H groups in total. The molecule has 16 heteroatoms. The number of anilines is 1.